The molecule has 0 bridgehead atoms. The average molecular weight is 186 g/mol. The highest BCUT2D eigenvalue weighted by atomic mass is 16.5. The van der Waals surface area contributed by atoms with E-state index < -0.39 is 0 Å². The monoisotopic (exact) mass is 186 g/mol. The predicted molar refractivity (Wildman–Crippen MR) is 54.5 cm³/mol. The normalized spacial score (nSPS) is 15.1. The van der Waals surface area contributed by atoms with Gasteiger partial charge in [0, 0.05) is 0 Å². The molecule has 0 aromatic carbocycles. The Morgan fingerprint density at radius 3 is 2.38 bits per heavy atom. The van der Waals surface area contributed by atoms with Crippen LogP contribution in [0.4, 0.5) is 0 Å². The molecule has 0 spiro atoms. The van der Waals surface area contributed by atoms with Crippen molar-refractivity contribution in [3.05, 3.63) is 0 Å². The van der Waals surface area contributed by atoms with Crippen LogP contribution in [0.1, 0.15) is 47.0 Å². The minimum atomic E-state index is -0.0505. The number of hydrogen-bond acceptors (Lipinski definition) is 2. The van der Waals surface area contributed by atoms with Crippen LogP contribution in [-0.4, -0.2) is 12.6 Å². The van der Waals surface area contributed by atoms with Gasteiger partial charge in [-0.1, -0.05) is 34.1 Å². The molecule has 0 aliphatic rings. The van der Waals surface area contributed by atoms with Gasteiger partial charge in [0.2, 0.25) is 0 Å². The lowest BCUT2D eigenvalue weighted by Crippen LogP contribution is -2.17. The van der Waals surface area contributed by atoms with Crippen molar-refractivity contribution in [1.82, 2.24) is 0 Å². The molecule has 0 fully saturated rings. The molecular weight excluding hydrogens is 164 g/mol. The Hall–Kier alpha value is -0.530. The lowest BCUT2D eigenvalue weighted by molar-refractivity contribution is -0.149. The second kappa shape index (κ2) is 6.93. The van der Waals surface area contributed by atoms with Crippen LogP contribution in [0.25, 0.3) is 0 Å². The van der Waals surface area contributed by atoms with Crippen LogP contribution in [0.15, 0.2) is 0 Å². The summed E-state index contributed by atoms with van der Waals surface area (Å²) in [5, 5.41) is 0. The third-order valence-electron chi connectivity index (χ3n) is 2.31. The van der Waals surface area contributed by atoms with Gasteiger partial charge in [0.05, 0.1) is 12.5 Å². The fraction of sp³-hybridized carbons (Fsp3) is 0.909. The minimum absolute atomic E-state index is 0.0498. The summed E-state index contributed by atoms with van der Waals surface area (Å²) in [6, 6.07) is 0. The Balaban J connectivity index is 3.57. The third-order valence-corrected chi connectivity index (χ3v) is 2.31. The first-order chi connectivity index (χ1) is 6.11. The summed E-state index contributed by atoms with van der Waals surface area (Å²) in [5.74, 6) is 0.497. The highest BCUT2D eigenvalue weighted by Crippen LogP contribution is 2.08. The molecule has 0 radical (unpaired) electrons. The van der Waals surface area contributed by atoms with Crippen LogP contribution in [0, 0.1) is 11.8 Å². The zero-order valence-corrected chi connectivity index (χ0v) is 9.30. The fourth-order valence-corrected chi connectivity index (χ4v) is 1.11. The molecule has 0 saturated carbocycles. The highest BCUT2D eigenvalue weighted by molar-refractivity contribution is 5.71. The van der Waals surface area contributed by atoms with E-state index in [4.69, 9.17) is 4.74 Å². The first kappa shape index (κ1) is 12.5. The standard InChI is InChI=1S/C11H22O2/c1-5-7-9(3)8-13-11(12)10(4)6-2/h9-10H,5-8H2,1-4H3. The Morgan fingerprint density at radius 1 is 1.31 bits per heavy atom. The summed E-state index contributed by atoms with van der Waals surface area (Å²) in [6.07, 6.45) is 3.15. The maximum absolute atomic E-state index is 11.3. The molecule has 2 heteroatoms. The maximum Gasteiger partial charge on any atom is 0.308 e. The number of hydrogen-bond donors (Lipinski definition) is 0. The number of esters is 1. The van der Waals surface area contributed by atoms with Gasteiger partial charge in [-0.25, -0.2) is 0 Å². The second-order valence-corrected chi connectivity index (χ2v) is 3.83. The quantitative estimate of drug-likeness (QED) is 0.596. The number of carbonyl (C=O) groups excluding carboxylic acids is 1. The molecule has 0 rings (SSSR count). The molecule has 0 aliphatic heterocycles. The van der Waals surface area contributed by atoms with Crippen molar-refractivity contribution in [3.63, 3.8) is 0 Å². The van der Waals surface area contributed by atoms with E-state index in [1.54, 1.807) is 0 Å². The van der Waals surface area contributed by atoms with Crippen molar-refractivity contribution in [2.75, 3.05) is 6.61 Å². The van der Waals surface area contributed by atoms with Gasteiger partial charge in [0.1, 0.15) is 0 Å². The molecule has 0 amide bonds. The second-order valence-electron chi connectivity index (χ2n) is 3.83. The zero-order valence-electron chi connectivity index (χ0n) is 9.30. The lowest BCUT2D eigenvalue weighted by atomic mass is 10.1. The first-order valence-corrected chi connectivity index (χ1v) is 5.28. The van der Waals surface area contributed by atoms with Crippen LogP contribution in [0.5, 0.6) is 0 Å². The van der Waals surface area contributed by atoms with Gasteiger partial charge in [-0.3, -0.25) is 4.79 Å². The molecule has 2 atom stereocenters. The Labute approximate surface area is 81.7 Å². The smallest absolute Gasteiger partial charge is 0.308 e. The summed E-state index contributed by atoms with van der Waals surface area (Å²) in [7, 11) is 0. The minimum Gasteiger partial charge on any atom is -0.465 e. The van der Waals surface area contributed by atoms with Gasteiger partial charge in [-0.15, -0.1) is 0 Å². The molecule has 78 valence electrons. The molecule has 0 N–H and O–H groups in total. The highest BCUT2D eigenvalue weighted by Gasteiger charge is 2.12. The van der Waals surface area contributed by atoms with Crippen molar-refractivity contribution in [1.29, 1.82) is 0 Å². The van der Waals surface area contributed by atoms with Gasteiger partial charge >= 0.3 is 5.97 Å². The average Bonchev–Trinajstić information content (AvgIpc) is 2.13. The summed E-state index contributed by atoms with van der Waals surface area (Å²) in [6.45, 7) is 8.76. The largest absolute Gasteiger partial charge is 0.465 e. The van der Waals surface area contributed by atoms with Crippen molar-refractivity contribution >= 4 is 5.97 Å². The molecule has 0 saturated heterocycles. The SMILES string of the molecule is CCCC(C)COC(=O)C(C)CC. The molecule has 0 heterocycles. The number of rotatable bonds is 6. The van der Waals surface area contributed by atoms with Gasteiger partial charge in [-0.2, -0.15) is 0 Å². The summed E-state index contributed by atoms with van der Waals surface area (Å²) in [4.78, 5) is 11.3. The summed E-state index contributed by atoms with van der Waals surface area (Å²) < 4.78 is 5.17. The maximum atomic E-state index is 11.3. The fourth-order valence-electron chi connectivity index (χ4n) is 1.11. The molecule has 13 heavy (non-hydrogen) atoms. The Kier molecular flexibility index (Phi) is 6.65. The number of ether oxygens (including phenoxy) is 1. The molecule has 2 unspecified atom stereocenters. The van der Waals surface area contributed by atoms with Crippen LogP contribution >= 0.6 is 0 Å². The van der Waals surface area contributed by atoms with E-state index in [0.29, 0.717) is 12.5 Å². The van der Waals surface area contributed by atoms with Gasteiger partial charge in [0.25, 0.3) is 0 Å². The van der Waals surface area contributed by atoms with E-state index in [1.165, 1.54) is 0 Å². The van der Waals surface area contributed by atoms with Crippen LogP contribution in [0.3, 0.4) is 0 Å². The molecule has 0 aliphatic carbocycles. The summed E-state index contributed by atoms with van der Waals surface area (Å²) >= 11 is 0. The van der Waals surface area contributed by atoms with Gasteiger partial charge < -0.3 is 4.74 Å². The van der Waals surface area contributed by atoms with E-state index in [-0.39, 0.29) is 11.9 Å². The van der Waals surface area contributed by atoms with E-state index in [0.717, 1.165) is 19.3 Å². The van der Waals surface area contributed by atoms with E-state index in [9.17, 15) is 4.79 Å². The van der Waals surface area contributed by atoms with Gasteiger partial charge in [-0.05, 0) is 18.8 Å². The zero-order chi connectivity index (χ0) is 10.3. The molecule has 0 aromatic rings. The van der Waals surface area contributed by atoms with Crippen LogP contribution in [-0.2, 0) is 9.53 Å². The molecule has 0 aromatic heterocycles. The molecule has 2 nitrogen and oxygen atoms in total. The third kappa shape index (κ3) is 5.67. The molecular formula is C11H22O2. The van der Waals surface area contributed by atoms with Crippen LogP contribution in [0.2, 0.25) is 0 Å². The van der Waals surface area contributed by atoms with Crippen molar-refractivity contribution < 1.29 is 9.53 Å². The predicted octanol–water partition coefficient (Wildman–Crippen LogP) is 3.01. The Bertz CT molecular complexity index is 143. The van der Waals surface area contributed by atoms with E-state index >= 15 is 0 Å². The Morgan fingerprint density at radius 2 is 1.92 bits per heavy atom. The lowest BCUT2D eigenvalue weighted by Gasteiger charge is -2.13. The van der Waals surface area contributed by atoms with Crippen molar-refractivity contribution in [3.8, 4) is 0 Å². The van der Waals surface area contributed by atoms with Crippen molar-refractivity contribution in [2.45, 2.75) is 47.0 Å². The van der Waals surface area contributed by atoms with E-state index in [2.05, 4.69) is 13.8 Å². The van der Waals surface area contributed by atoms with Crippen LogP contribution < -0.4 is 0 Å². The first-order valence-electron chi connectivity index (χ1n) is 5.28. The van der Waals surface area contributed by atoms with Gasteiger partial charge in [0.15, 0.2) is 0 Å². The summed E-state index contributed by atoms with van der Waals surface area (Å²) in [5.41, 5.74) is 0. The topological polar surface area (TPSA) is 26.3 Å². The van der Waals surface area contributed by atoms with E-state index in [1.807, 2.05) is 13.8 Å². The number of carbonyl (C=O) groups is 1. The van der Waals surface area contributed by atoms with Crippen molar-refractivity contribution in [2.24, 2.45) is 11.8 Å².